The molecule has 0 bridgehead atoms. The van der Waals surface area contributed by atoms with Gasteiger partial charge in [0.2, 0.25) is 0 Å². The summed E-state index contributed by atoms with van der Waals surface area (Å²) in [7, 11) is -2.28. The molecule has 3 aromatic rings. The standard InChI is InChI=1S/C34H43ClN4O7S/c1-23-20-39(24(2)22-40)34(42)30-19-28(37-47(43,44)29-11-8-27(35)9-12-29)10-13-31(30)46-25(3)7-5-6-18-45-32(23)21-38(4)33(41)26-14-16-36-17-15-26/h8-17,19,23-25,32,37,40H,5-7,18,20-22H2,1-4H3/t23-,24-,25+,32-/m0/s1. The molecule has 0 fully saturated rings. The van der Waals surface area contributed by atoms with Gasteiger partial charge in [0.25, 0.3) is 21.8 Å². The Hall–Kier alpha value is -3.71. The number of ether oxygens (including phenoxy) is 2. The zero-order chi connectivity index (χ0) is 34.1. The average Bonchev–Trinajstić information content (AvgIpc) is 3.06. The fourth-order valence-corrected chi connectivity index (χ4v) is 6.52. The predicted molar refractivity (Wildman–Crippen MR) is 180 cm³/mol. The van der Waals surface area contributed by atoms with Gasteiger partial charge in [0.1, 0.15) is 5.75 Å². The van der Waals surface area contributed by atoms with E-state index in [0.29, 0.717) is 29.4 Å². The van der Waals surface area contributed by atoms with Crippen LogP contribution in [0.4, 0.5) is 5.69 Å². The number of anilines is 1. The molecule has 254 valence electrons. The number of fused-ring (bicyclic) bond motifs is 1. The molecule has 2 aromatic carbocycles. The Balaban J connectivity index is 1.66. The van der Waals surface area contributed by atoms with Crippen molar-refractivity contribution in [2.24, 2.45) is 5.92 Å². The first-order valence-electron chi connectivity index (χ1n) is 15.7. The summed E-state index contributed by atoms with van der Waals surface area (Å²) >= 11 is 5.94. The van der Waals surface area contributed by atoms with Crippen LogP contribution in [0, 0.1) is 5.92 Å². The molecule has 0 unspecified atom stereocenters. The number of nitrogens with one attached hydrogen (secondary N) is 1. The fourth-order valence-electron chi connectivity index (χ4n) is 5.34. The molecule has 0 spiro atoms. The summed E-state index contributed by atoms with van der Waals surface area (Å²) in [6, 6.07) is 13.1. The molecule has 11 nitrogen and oxygen atoms in total. The lowest BCUT2D eigenvalue weighted by molar-refractivity contribution is -0.0149. The van der Waals surface area contributed by atoms with Crippen LogP contribution >= 0.6 is 11.6 Å². The van der Waals surface area contributed by atoms with Crippen LogP contribution in [-0.4, -0.2) is 91.7 Å². The topological polar surface area (TPSA) is 138 Å². The average molecular weight is 687 g/mol. The van der Waals surface area contributed by atoms with Crippen LogP contribution in [0.15, 0.2) is 71.9 Å². The number of amides is 2. The number of pyridine rings is 1. The lowest BCUT2D eigenvalue weighted by Gasteiger charge is -2.36. The molecule has 13 heteroatoms. The van der Waals surface area contributed by atoms with Crippen molar-refractivity contribution in [2.45, 2.75) is 63.2 Å². The van der Waals surface area contributed by atoms with Crippen LogP contribution in [-0.2, 0) is 14.8 Å². The summed E-state index contributed by atoms with van der Waals surface area (Å²) in [5.41, 5.74) is 0.835. The Morgan fingerprint density at radius 3 is 2.51 bits per heavy atom. The van der Waals surface area contributed by atoms with Crippen LogP contribution < -0.4 is 9.46 Å². The van der Waals surface area contributed by atoms with Gasteiger partial charge in [0, 0.05) is 61.3 Å². The maximum Gasteiger partial charge on any atom is 0.261 e. The van der Waals surface area contributed by atoms with E-state index in [1.165, 1.54) is 30.3 Å². The zero-order valence-corrected chi connectivity index (χ0v) is 28.7. The molecule has 0 aliphatic carbocycles. The minimum absolute atomic E-state index is 0.0148. The van der Waals surface area contributed by atoms with Crippen LogP contribution in [0.2, 0.25) is 5.02 Å². The molecular formula is C34H43ClN4O7S. The number of carbonyl (C=O) groups excluding carboxylic acids is 2. The van der Waals surface area contributed by atoms with E-state index in [-0.39, 0.29) is 53.8 Å². The second kappa shape index (κ2) is 16.4. The van der Waals surface area contributed by atoms with E-state index in [1.54, 1.807) is 60.4 Å². The summed E-state index contributed by atoms with van der Waals surface area (Å²) in [4.78, 5) is 34.6. The van der Waals surface area contributed by atoms with Gasteiger partial charge in [-0.25, -0.2) is 8.42 Å². The molecule has 0 saturated carbocycles. The number of aromatic nitrogens is 1. The number of aliphatic hydroxyl groups is 1. The van der Waals surface area contributed by atoms with Crippen LogP contribution in [0.1, 0.15) is 60.7 Å². The number of hydrogen-bond acceptors (Lipinski definition) is 8. The monoisotopic (exact) mass is 686 g/mol. The predicted octanol–water partition coefficient (Wildman–Crippen LogP) is 5.10. The second-order valence-electron chi connectivity index (χ2n) is 12.0. The molecule has 0 radical (unpaired) electrons. The number of sulfonamides is 1. The molecule has 0 saturated heterocycles. The molecule has 4 atom stereocenters. The van der Waals surface area contributed by atoms with Crippen molar-refractivity contribution in [3.05, 3.63) is 83.1 Å². The number of nitrogens with zero attached hydrogens (tertiary/aromatic N) is 3. The van der Waals surface area contributed by atoms with Crippen molar-refractivity contribution >= 4 is 39.1 Å². The zero-order valence-electron chi connectivity index (χ0n) is 27.1. The number of rotatable bonds is 8. The minimum atomic E-state index is -3.99. The number of halogens is 1. The lowest BCUT2D eigenvalue weighted by atomic mass is 10.0. The number of likely N-dealkylation sites (N-methyl/N-ethyl adjacent to an activating group) is 1. The molecule has 4 rings (SSSR count). The first-order valence-corrected chi connectivity index (χ1v) is 17.5. The first kappa shape index (κ1) is 36.1. The van der Waals surface area contributed by atoms with E-state index in [0.717, 1.165) is 12.8 Å². The van der Waals surface area contributed by atoms with Gasteiger partial charge < -0.3 is 24.4 Å². The molecule has 1 aromatic heterocycles. The third kappa shape index (κ3) is 9.66. The van der Waals surface area contributed by atoms with Crippen molar-refractivity contribution in [1.82, 2.24) is 14.8 Å². The smallest absolute Gasteiger partial charge is 0.261 e. The highest BCUT2D eigenvalue weighted by Gasteiger charge is 2.31. The van der Waals surface area contributed by atoms with Gasteiger partial charge in [-0.05, 0) is 87.7 Å². The van der Waals surface area contributed by atoms with Gasteiger partial charge in [-0.3, -0.25) is 19.3 Å². The summed E-state index contributed by atoms with van der Waals surface area (Å²) in [6.45, 7) is 6.23. The second-order valence-corrected chi connectivity index (χ2v) is 14.1. The summed E-state index contributed by atoms with van der Waals surface area (Å²) in [6.07, 6.45) is 4.75. The lowest BCUT2D eigenvalue weighted by Crippen LogP contribution is -2.48. The number of hydrogen-bond donors (Lipinski definition) is 2. The van der Waals surface area contributed by atoms with Crippen LogP contribution in [0.5, 0.6) is 5.75 Å². The maximum atomic E-state index is 14.3. The van der Waals surface area contributed by atoms with E-state index < -0.39 is 28.1 Å². The third-order valence-corrected chi connectivity index (χ3v) is 9.80. The largest absolute Gasteiger partial charge is 0.490 e. The minimum Gasteiger partial charge on any atom is -0.490 e. The van der Waals surface area contributed by atoms with Gasteiger partial charge in [0.05, 0.1) is 35.3 Å². The fraction of sp³-hybridized carbons (Fsp3) is 0.441. The Morgan fingerprint density at radius 1 is 1.13 bits per heavy atom. The Bertz CT molecular complexity index is 1610. The summed E-state index contributed by atoms with van der Waals surface area (Å²) in [5.74, 6) is -0.552. The first-order chi connectivity index (χ1) is 22.4. The van der Waals surface area contributed by atoms with Gasteiger partial charge in [-0.2, -0.15) is 0 Å². The van der Waals surface area contributed by atoms with Crippen molar-refractivity contribution in [3.8, 4) is 5.75 Å². The summed E-state index contributed by atoms with van der Waals surface area (Å²) in [5, 5.41) is 10.6. The highest BCUT2D eigenvalue weighted by Crippen LogP contribution is 2.30. The molecule has 1 aliphatic heterocycles. The molecule has 47 heavy (non-hydrogen) atoms. The highest BCUT2D eigenvalue weighted by atomic mass is 35.5. The quantitative estimate of drug-likeness (QED) is 0.334. The van der Waals surface area contributed by atoms with E-state index in [2.05, 4.69) is 9.71 Å². The highest BCUT2D eigenvalue weighted by molar-refractivity contribution is 7.92. The van der Waals surface area contributed by atoms with Crippen LogP contribution in [0.25, 0.3) is 0 Å². The summed E-state index contributed by atoms with van der Waals surface area (Å²) < 4.78 is 41.5. The SMILES string of the molecule is C[C@@H]1CCCCO[C@@H](CN(C)C(=O)c2ccncc2)[C@@H](C)CN([C@@H](C)CO)C(=O)c2cc(NS(=O)(=O)c3ccc(Cl)cc3)ccc2O1. The Labute approximate surface area is 281 Å². The normalized spacial score (nSPS) is 20.3. The third-order valence-electron chi connectivity index (χ3n) is 8.16. The van der Waals surface area contributed by atoms with Crippen molar-refractivity contribution < 1.29 is 32.6 Å². The molecule has 2 heterocycles. The van der Waals surface area contributed by atoms with Gasteiger partial charge >= 0.3 is 0 Å². The van der Waals surface area contributed by atoms with Crippen molar-refractivity contribution in [2.75, 3.05) is 38.1 Å². The molecular weight excluding hydrogens is 644 g/mol. The molecule has 1 aliphatic rings. The van der Waals surface area contributed by atoms with Gasteiger partial charge in [-0.1, -0.05) is 18.5 Å². The molecule has 2 amide bonds. The van der Waals surface area contributed by atoms with E-state index >= 15 is 0 Å². The van der Waals surface area contributed by atoms with Gasteiger partial charge in [0.15, 0.2) is 0 Å². The number of aliphatic hydroxyl groups excluding tert-OH is 1. The van der Waals surface area contributed by atoms with Gasteiger partial charge in [-0.15, -0.1) is 0 Å². The number of benzene rings is 2. The van der Waals surface area contributed by atoms with E-state index in [4.69, 9.17) is 21.1 Å². The van der Waals surface area contributed by atoms with Crippen LogP contribution in [0.3, 0.4) is 0 Å². The van der Waals surface area contributed by atoms with E-state index in [9.17, 15) is 23.1 Å². The Morgan fingerprint density at radius 2 is 1.83 bits per heavy atom. The maximum absolute atomic E-state index is 14.3. The van der Waals surface area contributed by atoms with E-state index in [1.807, 2.05) is 13.8 Å². The van der Waals surface area contributed by atoms with Crippen molar-refractivity contribution in [1.29, 1.82) is 0 Å². The molecule has 2 N–H and O–H groups in total. The van der Waals surface area contributed by atoms with Crippen molar-refractivity contribution in [3.63, 3.8) is 0 Å². The number of carbonyl (C=O) groups is 2. The Kier molecular flexibility index (Phi) is 12.6.